The van der Waals surface area contributed by atoms with Crippen molar-refractivity contribution in [3.8, 4) is 39.1 Å². The zero-order chi connectivity index (χ0) is 22.7. The van der Waals surface area contributed by atoms with Crippen LogP contribution in [0.15, 0.2) is 48.5 Å². The third kappa shape index (κ3) is 3.59. The number of fused-ring (bicyclic) bond motifs is 2. The molecule has 2 aliphatic rings. The molecule has 0 radical (unpaired) electrons. The lowest BCUT2D eigenvalue weighted by Crippen LogP contribution is -2.23. The largest absolute Gasteiger partial charge is 0.426 e. The highest BCUT2D eigenvalue weighted by atomic mass is 31.2. The Labute approximate surface area is 186 Å². The molecule has 2 aliphatic carbocycles. The van der Waals surface area contributed by atoms with Gasteiger partial charge in [0.1, 0.15) is 5.75 Å². The SMILES string of the molecule is Cc1c2c(C(C)(C)C)c(OP(O)O)c(c1C(C)(C)C)-c1ccccc1-c1ccccc1-2. The molecular weight excluding hydrogens is 403 g/mol. The fourth-order valence-electron chi connectivity index (χ4n) is 5.14. The normalized spacial score (nSPS) is 13.0. The minimum absolute atomic E-state index is 0.171. The van der Waals surface area contributed by atoms with E-state index in [2.05, 4.69) is 90.9 Å². The highest BCUT2D eigenvalue weighted by molar-refractivity contribution is 7.39. The second-order valence-electron chi connectivity index (χ2n) is 10.4. The summed E-state index contributed by atoms with van der Waals surface area (Å²) in [7, 11) is -2.57. The molecular formula is C27H31O3P. The second kappa shape index (κ2) is 7.45. The van der Waals surface area contributed by atoms with Crippen molar-refractivity contribution in [2.75, 3.05) is 0 Å². The van der Waals surface area contributed by atoms with Crippen LogP contribution in [0.25, 0.3) is 33.4 Å². The highest BCUT2D eigenvalue weighted by Gasteiger charge is 2.38. The summed E-state index contributed by atoms with van der Waals surface area (Å²) in [6.45, 7) is 15.3. The van der Waals surface area contributed by atoms with Crippen molar-refractivity contribution in [3.05, 3.63) is 65.2 Å². The van der Waals surface area contributed by atoms with Crippen molar-refractivity contribution in [2.24, 2.45) is 0 Å². The molecule has 162 valence electrons. The molecule has 0 atom stereocenters. The van der Waals surface area contributed by atoms with Crippen LogP contribution in [0.5, 0.6) is 5.75 Å². The van der Waals surface area contributed by atoms with E-state index in [9.17, 15) is 9.79 Å². The molecule has 0 unspecified atom stereocenters. The Hall–Kier alpha value is -2.19. The van der Waals surface area contributed by atoms with Gasteiger partial charge in [-0.15, -0.1) is 0 Å². The molecule has 2 bridgehead atoms. The van der Waals surface area contributed by atoms with E-state index in [0.717, 1.165) is 33.4 Å². The number of benzene rings is 3. The van der Waals surface area contributed by atoms with Gasteiger partial charge in [0.25, 0.3) is 0 Å². The van der Waals surface area contributed by atoms with E-state index in [1.807, 2.05) is 6.07 Å². The van der Waals surface area contributed by atoms with Crippen LogP contribution in [0.1, 0.15) is 58.2 Å². The van der Waals surface area contributed by atoms with E-state index in [4.69, 9.17) is 4.52 Å². The standard InChI is InChI=1S/C27H31O3P/c1-16-21-19-14-10-8-12-17(19)18-13-9-11-15-20(18)22(23(16)26(2,3)4)25(30-31(28)29)24(21)27(5,6)7/h8-15,28-29H,1-7H3. The summed E-state index contributed by atoms with van der Waals surface area (Å²) in [6, 6.07) is 16.9. The van der Waals surface area contributed by atoms with Crippen LogP contribution in [-0.2, 0) is 10.8 Å². The highest BCUT2D eigenvalue weighted by Crippen LogP contribution is 2.58. The molecule has 3 aromatic carbocycles. The molecule has 0 amide bonds. The average molecular weight is 435 g/mol. The summed E-state index contributed by atoms with van der Waals surface area (Å²) in [5, 5.41) is 0. The second-order valence-corrected chi connectivity index (χ2v) is 11.1. The summed E-state index contributed by atoms with van der Waals surface area (Å²) in [6.07, 6.45) is 0. The van der Waals surface area contributed by atoms with Crippen molar-refractivity contribution in [3.63, 3.8) is 0 Å². The van der Waals surface area contributed by atoms with Gasteiger partial charge >= 0.3 is 8.60 Å². The fourth-order valence-corrected chi connectivity index (χ4v) is 5.49. The molecule has 5 rings (SSSR count). The van der Waals surface area contributed by atoms with Crippen LogP contribution in [-0.4, -0.2) is 9.79 Å². The lowest BCUT2D eigenvalue weighted by Gasteiger charge is -2.37. The van der Waals surface area contributed by atoms with Crippen LogP contribution in [0, 0.1) is 6.92 Å². The van der Waals surface area contributed by atoms with Crippen LogP contribution in [0.3, 0.4) is 0 Å². The Morgan fingerprint density at radius 1 is 0.645 bits per heavy atom. The van der Waals surface area contributed by atoms with E-state index >= 15 is 0 Å². The predicted molar refractivity (Wildman–Crippen MR) is 130 cm³/mol. The monoisotopic (exact) mass is 434 g/mol. The van der Waals surface area contributed by atoms with Gasteiger partial charge in [0.2, 0.25) is 0 Å². The van der Waals surface area contributed by atoms with Crippen LogP contribution in [0.4, 0.5) is 0 Å². The zero-order valence-corrected chi connectivity index (χ0v) is 20.3. The quantitative estimate of drug-likeness (QED) is 0.321. The van der Waals surface area contributed by atoms with Gasteiger partial charge in [-0.25, -0.2) is 0 Å². The Kier molecular flexibility index (Phi) is 5.29. The summed E-state index contributed by atoms with van der Waals surface area (Å²) < 4.78 is 5.91. The van der Waals surface area contributed by atoms with Gasteiger partial charge < -0.3 is 14.3 Å². The number of hydrogen-bond acceptors (Lipinski definition) is 3. The third-order valence-electron chi connectivity index (χ3n) is 6.06. The topological polar surface area (TPSA) is 49.7 Å². The van der Waals surface area contributed by atoms with Crippen molar-refractivity contribution in [1.29, 1.82) is 0 Å². The van der Waals surface area contributed by atoms with E-state index in [1.54, 1.807) is 0 Å². The van der Waals surface area contributed by atoms with Crippen LogP contribution >= 0.6 is 8.60 Å². The van der Waals surface area contributed by atoms with Gasteiger partial charge in [-0.1, -0.05) is 90.1 Å². The molecule has 4 heteroatoms. The average Bonchev–Trinajstić information content (AvgIpc) is 2.65. The van der Waals surface area contributed by atoms with Crippen molar-refractivity contribution < 1.29 is 14.3 Å². The number of rotatable bonds is 2. The van der Waals surface area contributed by atoms with Crippen molar-refractivity contribution in [1.82, 2.24) is 0 Å². The van der Waals surface area contributed by atoms with Crippen LogP contribution < -0.4 is 4.52 Å². The Balaban J connectivity index is 2.38. The summed E-state index contributed by atoms with van der Waals surface area (Å²) in [4.78, 5) is 20.0. The van der Waals surface area contributed by atoms with Gasteiger partial charge in [-0.3, -0.25) is 0 Å². The minimum Gasteiger partial charge on any atom is -0.426 e. The predicted octanol–water partition coefficient (Wildman–Crippen LogP) is 7.49. The third-order valence-corrected chi connectivity index (χ3v) is 6.41. The molecule has 0 aromatic heterocycles. The maximum absolute atomic E-state index is 10.0. The van der Waals surface area contributed by atoms with Gasteiger partial charge in [0.05, 0.1) is 0 Å². The van der Waals surface area contributed by atoms with Gasteiger partial charge in [0.15, 0.2) is 0 Å². The molecule has 0 aliphatic heterocycles. The van der Waals surface area contributed by atoms with E-state index < -0.39 is 8.60 Å². The molecule has 0 fully saturated rings. The van der Waals surface area contributed by atoms with Gasteiger partial charge in [-0.2, -0.15) is 0 Å². The molecule has 0 saturated heterocycles. The van der Waals surface area contributed by atoms with Gasteiger partial charge in [0, 0.05) is 11.1 Å². The molecule has 2 N–H and O–H groups in total. The molecule has 31 heavy (non-hydrogen) atoms. The Morgan fingerprint density at radius 3 is 1.48 bits per heavy atom. The molecule has 0 heterocycles. The summed E-state index contributed by atoms with van der Waals surface area (Å²) in [5.41, 5.74) is 9.63. The van der Waals surface area contributed by atoms with Gasteiger partial charge in [-0.05, 0) is 56.7 Å². The maximum atomic E-state index is 10.0. The van der Waals surface area contributed by atoms with E-state index in [-0.39, 0.29) is 10.8 Å². The maximum Gasteiger partial charge on any atom is 0.391 e. The van der Waals surface area contributed by atoms with E-state index in [0.29, 0.717) is 5.75 Å². The molecule has 3 aromatic rings. The number of hydrogen-bond donors (Lipinski definition) is 2. The summed E-state index contributed by atoms with van der Waals surface area (Å²) in [5.74, 6) is 0.594. The molecule has 0 saturated carbocycles. The first-order valence-electron chi connectivity index (χ1n) is 10.7. The van der Waals surface area contributed by atoms with E-state index in [1.165, 1.54) is 16.7 Å². The first kappa shape index (κ1) is 22.0. The smallest absolute Gasteiger partial charge is 0.391 e. The van der Waals surface area contributed by atoms with Crippen molar-refractivity contribution >= 4 is 8.60 Å². The van der Waals surface area contributed by atoms with Crippen LogP contribution in [0.2, 0.25) is 0 Å². The summed E-state index contributed by atoms with van der Waals surface area (Å²) >= 11 is 0. The minimum atomic E-state index is -2.57. The first-order chi connectivity index (χ1) is 14.4. The molecule has 0 spiro atoms. The first-order valence-corrected chi connectivity index (χ1v) is 11.9. The fraction of sp³-hybridized carbons (Fsp3) is 0.333. The zero-order valence-electron chi connectivity index (χ0n) is 19.4. The van der Waals surface area contributed by atoms with Crippen molar-refractivity contribution in [2.45, 2.75) is 59.3 Å². The Bertz CT molecular complexity index is 1160. The lowest BCUT2D eigenvalue weighted by atomic mass is 9.68. The Morgan fingerprint density at radius 2 is 1.06 bits per heavy atom. The lowest BCUT2D eigenvalue weighted by molar-refractivity contribution is 0.370. The molecule has 3 nitrogen and oxygen atoms in total.